The summed E-state index contributed by atoms with van der Waals surface area (Å²) in [5, 5.41) is 4.00. The van der Waals surface area contributed by atoms with Gasteiger partial charge in [-0.05, 0) is 36.2 Å². The second-order valence-electron chi connectivity index (χ2n) is 7.46. The second kappa shape index (κ2) is 9.94. The molecule has 1 heterocycles. The second-order valence-corrected chi connectivity index (χ2v) is 8.25. The molecule has 0 bridgehead atoms. The van der Waals surface area contributed by atoms with Crippen molar-refractivity contribution in [2.45, 2.75) is 31.7 Å². The van der Waals surface area contributed by atoms with E-state index in [9.17, 15) is 18.0 Å². The first-order valence-electron chi connectivity index (χ1n) is 10.2. The lowest BCUT2D eigenvalue weighted by atomic mass is 10.0. The molecular weight excluding hydrogens is 507 g/mol. The summed E-state index contributed by atoms with van der Waals surface area (Å²) in [7, 11) is 1.31. The third-order valence-corrected chi connectivity index (χ3v) is 5.72. The van der Waals surface area contributed by atoms with E-state index in [1.54, 1.807) is 18.2 Å². The predicted octanol–water partition coefficient (Wildman–Crippen LogP) is 5.71. The topological polar surface area (TPSA) is 69.9 Å². The molecule has 2 atom stereocenters. The Labute approximate surface area is 196 Å². The van der Waals surface area contributed by atoms with Gasteiger partial charge in [0.1, 0.15) is 34.6 Å². The van der Waals surface area contributed by atoms with Crippen molar-refractivity contribution in [2.75, 3.05) is 19.0 Å². The van der Waals surface area contributed by atoms with Crippen LogP contribution in [0.15, 0.2) is 41.0 Å². The van der Waals surface area contributed by atoms with Crippen molar-refractivity contribution in [1.29, 1.82) is 0 Å². The van der Waals surface area contributed by atoms with Gasteiger partial charge in [0.2, 0.25) is 0 Å². The standard InChI is InChI=1S/C23H21BrF3NO5/c1-30-19-7-12(8-20(33-23(26)27)21(19)22(29)28-17-10-16(17)25)15-11-32-18-9-13(3-4-14(15)18)31-6-2-5-24/h3-4,7-9,11,16-17,23H,2,5-6,10H2,1H3,(H,28,29)/t16-,17+/m0/s1. The number of hydrogen-bond donors (Lipinski definition) is 1. The van der Waals surface area contributed by atoms with Gasteiger partial charge in [-0.3, -0.25) is 4.79 Å². The number of benzene rings is 2. The molecule has 1 saturated carbocycles. The van der Waals surface area contributed by atoms with Crippen LogP contribution in [0.4, 0.5) is 13.2 Å². The van der Waals surface area contributed by atoms with E-state index in [0.29, 0.717) is 34.5 Å². The van der Waals surface area contributed by atoms with E-state index in [4.69, 9.17) is 13.9 Å². The van der Waals surface area contributed by atoms with E-state index in [2.05, 4.69) is 26.0 Å². The fourth-order valence-electron chi connectivity index (χ4n) is 3.44. The molecular formula is C23H21BrF3NO5. The first-order valence-corrected chi connectivity index (χ1v) is 11.4. The number of methoxy groups -OCH3 is 1. The first kappa shape index (κ1) is 23.3. The van der Waals surface area contributed by atoms with E-state index in [0.717, 1.165) is 11.8 Å². The molecule has 176 valence electrons. The molecule has 3 aromatic rings. The molecule has 1 aliphatic carbocycles. The summed E-state index contributed by atoms with van der Waals surface area (Å²) >= 11 is 3.35. The Hall–Kier alpha value is -2.88. The highest BCUT2D eigenvalue weighted by molar-refractivity contribution is 9.09. The van der Waals surface area contributed by atoms with Crippen LogP contribution in [0, 0.1) is 0 Å². The van der Waals surface area contributed by atoms with Crippen LogP contribution in [0.2, 0.25) is 0 Å². The van der Waals surface area contributed by atoms with Crippen molar-refractivity contribution in [3.8, 4) is 28.4 Å². The normalized spacial score (nSPS) is 17.3. The molecule has 1 fully saturated rings. The third-order valence-electron chi connectivity index (χ3n) is 5.16. The zero-order valence-corrected chi connectivity index (χ0v) is 19.2. The maximum Gasteiger partial charge on any atom is 0.387 e. The number of amides is 1. The van der Waals surface area contributed by atoms with Crippen molar-refractivity contribution in [1.82, 2.24) is 5.32 Å². The molecule has 0 radical (unpaired) electrons. The molecule has 0 spiro atoms. The van der Waals surface area contributed by atoms with Crippen LogP contribution in [-0.2, 0) is 0 Å². The monoisotopic (exact) mass is 527 g/mol. The SMILES string of the molecule is COc1cc(-c2coc3cc(OCCCBr)ccc23)cc(OC(F)F)c1C(=O)N[C@@H]1C[C@@H]1F. The minimum atomic E-state index is -3.17. The molecule has 1 aromatic heterocycles. The number of carbonyl (C=O) groups excluding carboxylic acids is 1. The minimum Gasteiger partial charge on any atom is -0.496 e. The zero-order chi connectivity index (χ0) is 23.5. The van der Waals surface area contributed by atoms with Gasteiger partial charge >= 0.3 is 6.61 Å². The lowest BCUT2D eigenvalue weighted by Crippen LogP contribution is -2.28. The van der Waals surface area contributed by atoms with Crippen LogP contribution in [0.1, 0.15) is 23.2 Å². The Bertz CT molecular complexity index is 1150. The average molecular weight is 528 g/mol. The van der Waals surface area contributed by atoms with Crippen LogP contribution in [0.5, 0.6) is 17.2 Å². The lowest BCUT2D eigenvalue weighted by Gasteiger charge is -2.16. The van der Waals surface area contributed by atoms with Crippen molar-refractivity contribution >= 4 is 32.8 Å². The third kappa shape index (κ3) is 5.21. The molecule has 0 unspecified atom stereocenters. The van der Waals surface area contributed by atoms with Gasteiger partial charge in [-0.25, -0.2) is 4.39 Å². The average Bonchev–Trinajstić information content (AvgIpc) is 3.30. The van der Waals surface area contributed by atoms with Crippen molar-refractivity contribution in [3.05, 3.63) is 42.2 Å². The van der Waals surface area contributed by atoms with E-state index in [1.807, 2.05) is 0 Å². The summed E-state index contributed by atoms with van der Waals surface area (Å²) in [5.74, 6) is -0.471. The van der Waals surface area contributed by atoms with Gasteiger partial charge in [0.05, 0.1) is 26.0 Å². The molecule has 10 heteroatoms. The fraction of sp³-hybridized carbons (Fsp3) is 0.348. The molecule has 0 saturated heterocycles. The van der Waals surface area contributed by atoms with Gasteiger partial charge < -0.3 is 23.9 Å². The van der Waals surface area contributed by atoms with E-state index in [-0.39, 0.29) is 23.5 Å². The number of nitrogens with one attached hydrogen (secondary N) is 1. The Morgan fingerprint density at radius 2 is 2.03 bits per heavy atom. The fourth-order valence-corrected chi connectivity index (χ4v) is 3.67. The van der Waals surface area contributed by atoms with Crippen molar-refractivity contribution in [3.63, 3.8) is 0 Å². The Kier molecular flexibility index (Phi) is 7.02. The highest BCUT2D eigenvalue weighted by Crippen LogP contribution is 2.40. The number of furan rings is 1. The predicted molar refractivity (Wildman–Crippen MR) is 120 cm³/mol. The summed E-state index contributed by atoms with van der Waals surface area (Å²) in [6, 6.07) is 7.52. The number of fused-ring (bicyclic) bond motifs is 1. The van der Waals surface area contributed by atoms with Crippen LogP contribution in [-0.4, -0.2) is 43.8 Å². The van der Waals surface area contributed by atoms with Gasteiger partial charge in [0.25, 0.3) is 5.91 Å². The summed E-state index contributed by atoms with van der Waals surface area (Å²) < 4.78 is 60.8. The van der Waals surface area contributed by atoms with Gasteiger partial charge in [0.15, 0.2) is 0 Å². The van der Waals surface area contributed by atoms with Gasteiger partial charge in [0, 0.05) is 28.8 Å². The van der Waals surface area contributed by atoms with E-state index >= 15 is 0 Å². The molecule has 1 aliphatic rings. The van der Waals surface area contributed by atoms with Gasteiger partial charge in [-0.15, -0.1) is 0 Å². The molecule has 33 heavy (non-hydrogen) atoms. The summed E-state index contributed by atoms with van der Waals surface area (Å²) in [6.07, 6.45) is 1.36. The van der Waals surface area contributed by atoms with Crippen LogP contribution in [0.3, 0.4) is 0 Å². The van der Waals surface area contributed by atoms with Gasteiger partial charge in [-0.2, -0.15) is 8.78 Å². The van der Waals surface area contributed by atoms with Crippen LogP contribution < -0.4 is 19.5 Å². The van der Waals surface area contributed by atoms with Crippen LogP contribution >= 0.6 is 15.9 Å². The molecule has 1 N–H and O–H groups in total. The minimum absolute atomic E-state index is 0.0146. The maximum absolute atomic E-state index is 13.2. The van der Waals surface area contributed by atoms with Crippen molar-refractivity contribution < 1.29 is 36.6 Å². The number of rotatable bonds is 10. The number of ether oxygens (including phenoxy) is 3. The first-order chi connectivity index (χ1) is 15.9. The van der Waals surface area contributed by atoms with Crippen LogP contribution in [0.25, 0.3) is 22.1 Å². The van der Waals surface area contributed by atoms with Crippen molar-refractivity contribution in [2.24, 2.45) is 0 Å². The maximum atomic E-state index is 13.2. The molecule has 0 aliphatic heterocycles. The summed E-state index contributed by atoms with van der Waals surface area (Å²) in [5.41, 5.74) is 1.35. The Morgan fingerprint density at radius 3 is 2.70 bits per heavy atom. The molecule has 2 aromatic carbocycles. The summed E-state index contributed by atoms with van der Waals surface area (Å²) in [4.78, 5) is 12.7. The Balaban J connectivity index is 1.71. The molecule has 6 nitrogen and oxygen atoms in total. The number of carbonyl (C=O) groups is 1. The molecule has 1 amide bonds. The number of halogens is 4. The largest absolute Gasteiger partial charge is 0.496 e. The highest BCUT2D eigenvalue weighted by atomic mass is 79.9. The lowest BCUT2D eigenvalue weighted by molar-refractivity contribution is -0.0502. The Morgan fingerprint density at radius 1 is 1.27 bits per heavy atom. The summed E-state index contributed by atoms with van der Waals surface area (Å²) in [6.45, 7) is -2.63. The number of hydrogen-bond acceptors (Lipinski definition) is 5. The smallest absolute Gasteiger partial charge is 0.387 e. The number of alkyl halides is 4. The van der Waals surface area contributed by atoms with E-state index < -0.39 is 24.7 Å². The molecule has 4 rings (SSSR count). The van der Waals surface area contributed by atoms with E-state index in [1.165, 1.54) is 25.5 Å². The van der Waals surface area contributed by atoms with Gasteiger partial charge in [-0.1, -0.05) is 15.9 Å². The quantitative estimate of drug-likeness (QED) is 0.270. The highest BCUT2D eigenvalue weighted by Gasteiger charge is 2.40. The zero-order valence-electron chi connectivity index (χ0n) is 17.6.